The lowest BCUT2D eigenvalue weighted by atomic mass is 10.2. The zero-order valence-electron chi connectivity index (χ0n) is 11.6. The molecule has 0 spiro atoms. The fourth-order valence-electron chi connectivity index (χ4n) is 1.78. The summed E-state index contributed by atoms with van der Waals surface area (Å²) in [7, 11) is -3.34. The van der Waals surface area contributed by atoms with Crippen LogP contribution in [0.3, 0.4) is 0 Å². The van der Waals surface area contributed by atoms with Gasteiger partial charge in [-0.15, -0.1) is 11.8 Å². The van der Waals surface area contributed by atoms with Crippen molar-refractivity contribution < 1.29 is 8.42 Å². The molecule has 0 N–H and O–H groups in total. The number of hydrogen-bond acceptors (Lipinski definition) is 4. The fourth-order valence-corrected chi connectivity index (χ4v) is 4.38. The smallest absolute Gasteiger partial charge is 0.179 e. The molecule has 5 heteroatoms. The predicted octanol–water partition coefficient (Wildman–Crippen LogP) is 3.43. The number of aryl methyl sites for hydroxylation is 1. The van der Waals surface area contributed by atoms with E-state index >= 15 is 0 Å². The summed E-state index contributed by atoms with van der Waals surface area (Å²) in [5.74, 6) is 0.544. The molecule has 0 saturated carbocycles. The molecule has 0 saturated heterocycles. The molecule has 0 amide bonds. The Morgan fingerprint density at radius 3 is 2.52 bits per heavy atom. The van der Waals surface area contributed by atoms with E-state index in [1.54, 1.807) is 12.1 Å². The van der Waals surface area contributed by atoms with Crippen LogP contribution in [0.25, 0.3) is 0 Å². The van der Waals surface area contributed by atoms with E-state index in [1.165, 1.54) is 29.5 Å². The van der Waals surface area contributed by atoms with Crippen molar-refractivity contribution in [3.63, 3.8) is 0 Å². The van der Waals surface area contributed by atoms with Gasteiger partial charge in [-0.2, -0.15) is 5.26 Å². The van der Waals surface area contributed by atoms with Gasteiger partial charge in [0.25, 0.3) is 0 Å². The maximum Gasteiger partial charge on any atom is 0.179 e. The van der Waals surface area contributed by atoms with Crippen LogP contribution >= 0.6 is 11.8 Å². The zero-order valence-corrected chi connectivity index (χ0v) is 13.2. The Morgan fingerprint density at radius 1 is 1.14 bits per heavy atom. The average Bonchev–Trinajstić information content (AvgIpc) is 2.49. The Hall–Kier alpha value is -1.77. The summed E-state index contributed by atoms with van der Waals surface area (Å²) >= 11 is 1.52. The first-order chi connectivity index (χ1) is 10.0. The van der Waals surface area contributed by atoms with Crippen LogP contribution in [-0.2, 0) is 9.84 Å². The van der Waals surface area contributed by atoms with Crippen LogP contribution in [0.4, 0.5) is 0 Å². The first-order valence-corrected chi connectivity index (χ1v) is 9.07. The van der Waals surface area contributed by atoms with Gasteiger partial charge in [-0.05, 0) is 37.3 Å². The average molecular weight is 317 g/mol. The van der Waals surface area contributed by atoms with E-state index in [2.05, 4.69) is 0 Å². The maximum atomic E-state index is 12.2. The second-order valence-electron chi connectivity index (χ2n) is 4.62. The Balaban J connectivity index is 2.01. The van der Waals surface area contributed by atoms with Crippen LogP contribution < -0.4 is 0 Å². The summed E-state index contributed by atoms with van der Waals surface area (Å²) in [5.41, 5.74) is 1.54. The summed E-state index contributed by atoms with van der Waals surface area (Å²) < 4.78 is 24.4. The molecule has 0 fully saturated rings. The first kappa shape index (κ1) is 15.6. The van der Waals surface area contributed by atoms with E-state index in [1.807, 2.05) is 37.3 Å². The van der Waals surface area contributed by atoms with Gasteiger partial charge in [-0.25, -0.2) is 8.42 Å². The molecule has 0 bridgehead atoms. The molecule has 0 aliphatic rings. The van der Waals surface area contributed by atoms with Gasteiger partial charge in [0.05, 0.1) is 22.3 Å². The van der Waals surface area contributed by atoms with Crippen LogP contribution in [0, 0.1) is 18.3 Å². The summed E-state index contributed by atoms with van der Waals surface area (Å²) in [6.45, 7) is 2.01. The van der Waals surface area contributed by atoms with Gasteiger partial charge in [0, 0.05) is 10.6 Å². The number of hydrogen-bond donors (Lipinski definition) is 0. The number of benzene rings is 2. The van der Waals surface area contributed by atoms with E-state index < -0.39 is 9.84 Å². The number of sulfone groups is 1. The maximum absolute atomic E-state index is 12.2. The lowest BCUT2D eigenvalue weighted by Gasteiger charge is -2.05. The molecule has 0 aliphatic heterocycles. The van der Waals surface area contributed by atoms with Crippen LogP contribution in [-0.4, -0.2) is 19.9 Å². The zero-order chi connectivity index (χ0) is 15.3. The van der Waals surface area contributed by atoms with E-state index in [0.29, 0.717) is 11.3 Å². The topological polar surface area (TPSA) is 57.9 Å². The Bertz CT molecular complexity index is 760. The molecule has 21 heavy (non-hydrogen) atoms. The monoisotopic (exact) mass is 317 g/mol. The SMILES string of the molecule is Cc1ccc(SCCS(=O)(=O)c2cccc(C#N)c2)cc1. The highest BCUT2D eigenvalue weighted by Gasteiger charge is 2.14. The molecular weight excluding hydrogens is 302 g/mol. The summed E-state index contributed by atoms with van der Waals surface area (Å²) in [6.07, 6.45) is 0. The lowest BCUT2D eigenvalue weighted by molar-refractivity contribution is 0.597. The first-order valence-electron chi connectivity index (χ1n) is 6.44. The van der Waals surface area contributed by atoms with Crippen molar-refractivity contribution in [2.45, 2.75) is 16.7 Å². The standard InChI is InChI=1S/C16H15NO2S2/c1-13-5-7-15(8-6-13)20-9-10-21(18,19)16-4-2-3-14(11-16)12-17/h2-8,11H,9-10H2,1H3. The molecule has 0 aliphatic carbocycles. The predicted molar refractivity (Wildman–Crippen MR) is 85.1 cm³/mol. The van der Waals surface area contributed by atoms with Crippen molar-refractivity contribution in [3.8, 4) is 6.07 Å². The molecule has 0 aromatic heterocycles. The number of rotatable bonds is 5. The Labute approximate surface area is 129 Å². The van der Waals surface area contributed by atoms with Gasteiger partial charge in [-0.1, -0.05) is 23.8 Å². The second kappa shape index (κ2) is 6.79. The van der Waals surface area contributed by atoms with Gasteiger partial charge >= 0.3 is 0 Å². The van der Waals surface area contributed by atoms with E-state index in [4.69, 9.17) is 5.26 Å². The molecule has 108 valence electrons. The molecule has 2 aromatic rings. The van der Waals surface area contributed by atoms with Gasteiger partial charge in [0.2, 0.25) is 0 Å². The molecule has 2 aromatic carbocycles. The lowest BCUT2D eigenvalue weighted by Crippen LogP contribution is -2.09. The highest BCUT2D eigenvalue weighted by molar-refractivity contribution is 8.00. The van der Waals surface area contributed by atoms with Crippen molar-refractivity contribution in [1.82, 2.24) is 0 Å². The van der Waals surface area contributed by atoms with Crippen molar-refractivity contribution >= 4 is 21.6 Å². The highest BCUT2D eigenvalue weighted by atomic mass is 32.2. The molecular formula is C16H15NO2S2. The minimum atomic E-state index is -3.34. The normalized spacial score (nSPS) is 11.0. The minimum Gasteiger partial charge on any atom is -0.224 e. The molecule has 0 heterocycles. The van der Waals surface area contributed by atoms with Gasteiger partial charge < -0.3 is 0 Å². The van der Waals surface area contributed by atoms with Gasteiger partial charge in [-0.3, -0.25) is 0 Å². The van der Waals surface area contributed by atoms with Gasteiger partial charge in [0.1, 0.15) is 0 Å². The third-order valence-corrected chi connectivity index (χ3v) is 5.95. The van der Waals surface area contributed by atoms with Crippen LogP contribution in [0.15, 0.2) is 58.3 Å². The Kier molecular flexibility index (Phi) is 5.05. The number of nitrogens with zero attached hydrogens (tertiary/aromatic N) is 1. The van der Waals surface area contributed by atoms with Crippen LogP contribution in [0.2, 0.25) is 0 Å². The van der Waals surface area contributed by atoms with Crippen molar-refractivity contribution in [2.75, 3.05) is 11.5 Å². The van der Waals surface area contributed by atoms with E-state index in [-0.39, 0.29) is 10.6 Å². The minimum absolute atomic E-state index is 0.0560. The number of nitriles is 1. The van der Waals surface area contributed by atoms with E-state index in [9.17, 15) is 8.42 Å². The second-order valence-corrected chi connectivity index (χ2v) is 7.90. The third kappa shape index (κ3) is 4.35. The molecule has 0 unspecified atom stereocenters. The van der Waals surface area contributed by atoms with Gasteiger partial charge in [0.15, 0.2) is 9.84 Å². The quantitative estimate of drug-likeness (QED) is 0.793. The summed E-state index contributed by atoms with van der Waals surface area (Å²) in [5, 5.41) is 8.83. The van der Waals surface area contributed by atoms with Crippen molar-refractivity contribution in [3.05, 3.63) is 59.7 Å². The number of thioether (sulfide) groups is 1. The summed E-state index contributed by atoms with van der Waals surface area (Å²) in [6, 6.07) is 16.1. The molecule has 0 radical (unpaired) electrons. The third-order valence-electron chi connectivity index (χ3n) is 2.96. The largest absolute Gasteiger partial charge is 0.224 e. The molecule has 0 atom stereocenters. The molecule has 3 nitrogen and oxygen atoms in total. The van der Waals surface area contributed by atoms with Crippen molar-refractivity contribution in [1.29, 1.82) is 5.26 Å². The van der Waals surface area contributed by atoms with Crippen LogP contribution in [0.5, 0.6) is 0 Å². The van der Waals surface area contributed by atoms with Crippen molar-refractivity contribution in [2.24, 2.45) is 0 Å². The molecule has 2 rings (SSSR count). The Morgan fingerprint density at radius 2 is 1.86 bits per heavy atom. The highest BCUT2D eigenvalue weighted by Crippen LogP contribution is 2.20. The van der Waals surface area contributed by atoms with Crippen LogP contribution in [0.1, 0.15) is 11.1 Å². The summed E-state index contributed by atoms with van der Waals surface area (Å²) in [4.78, 5) is 1.27. The van der Waals surface area contributed by atoms with E-state index in [0.717, 1.165) is 4.90 Å². The fraction of sp³-hybridized carbons (Fsp3) is 0.188.